The molecule has 0 bridgehead atoms. The van der Waals surface area contributed by atoms with Crippen LogP contribution in [0.1, 0.15) is 20.8 Å². The molecule has 3 aromatic rings. The van der Waals surface area contributed by atoms with Crippen molar-refractivity contribution in [3.8, 4) is 5.75 Å². The molecule has 0 saturated carbocycles. The molecule has 0 aliphatic heterocycles. The molecule has 152 valence electrons. The average Bonchev–Trinajstić information content (AvgIpc) is 3.24. The van der Waals surface area contributed by atoms with Gasteiger partial charge in [0.25, 0.3) is 11.8 Å². The highest BCUT2D eigenvalue weighted by molar-refractivity contribution is 7.10. The van der Waals surface area contributed by atoms with Gasteiger partial charge in [-0.2, -0.15) is 5.10 Å². The van der Waals surface area contributed by atoms with E-state index in [9.17, 15) is 14.7 Å². The molecular weight excluding hydrogens is 445 g/mol. The molecule has 1 aromatic heterocycles. The first-order valence-electron chi connectivity index (χ1n) is 8.57. The van der Waals surface area contributed by atoms with E-state index in [0.29, 0.717) is 10.6 Å². The summed E-state index contributed by atoms with van der Waals surface area (Å²) in [7, 11) is 0. The van der Waals surface area contributed by atoms with Gasteiger partial charge >= 0.3 is 0 Å². The monoisotopic (exact) mass is 459 g/mol. The molecule has 6 nitrogen and oxygen atoms in total. The Morgan fingerprint density at radius 2 is 1.83 bits per heavy atom. The predicted octanol–water partition coefficient (Wildman–Crippen LogP) is 4.68. The number of carbonyl (C=O) groups is 2. The molecule has 0 atom stereocenters. The lowest BCUT2D eigenvalue weighted by Crippen LogP contribution is -2.32. The summed E-state index contributed by atoms with van der Waals surface area (Å²) in [6.07, 6.45) is 2.75. The molecule has 3 N–H and O–H groups in total. The third-order valence-electron chi connectivity index (χ3n) is 3.79. The first-order chi connectivity index (χ1) is 14.4. The number of phenols is 1. The van der Waals surface area contributed by atoms with Crippen LogP contribution in [0.3, 0.4) is 0 Å². The second-order valence-corrected chi connectivity index (χ2v) is 7.74. The van der Waals surface area contributed by atoms with E-state index in [-0.39, 0.29) is 22.0 Å². The van der Waals surface area contributed by atoms with Gasteiger partial charge in [-0.05, 0) is 41.8 Å². The fraction of sp³-hybridized carbons (Fsp3) is 0. The van der Waals surface area contributed by atoms with Crippen molar-refractivity contribution in [3.63, 3.8) is 0 Å². The molecule has 2 amide bonds. The van der Waals surface area contributed by atoms with Gasteiger partial charge in [-0.15, -0.1) is 11.3 Å². The second kappa shape index (κ2) is 10.1. The van der Waals surface area contributed by atoms with Crippen molar-refractivity contribution in [3.05, 3.63) is 91.7 Å². The van der Waals surface area contributed by atoms with Gasteiger partial charge in [0.15, 0.2) is 0 Å². The summed E-state index contributed by atoms with van der Waals surface area (Å²) >= 11 is 13.2. The topological polar surface area (TPSA) is 90.8 Å². The Kier molecular flexibility index (Phi) is 7.24. The molecule has 0 fully saturated rings. The van der Waals surface area contributed by atoms with Crippen LogP contribution in [-0.2, 0) is 4.79 Å². The van der Waals surface area contributed by atoms with Crippen LogP contribution < -0.4 is 10.7 Å². The summed E-state index contributed by atoms with van der Waals surface area (Å²) in [5.41, 5.74) is 2.97. The zero-order valence-corrected chi connectivity index (χ0v) is 17.6. The van der Waals surface area contributed by atoms with Gasteiger partial charge in [0.05, 0.1) is 11.2 Å². The number of carbonyl (C=O) groups excluding carboxylic acids is 2. The Hall–Kier alpha value is -3.13. The first kappa shape index (κ1) is 21.6. The molecule has 1 heterocycles. The van der Waals surface area contributed by atoms with E-state index in [2.05, 4.69) is 15.8 Å². The number of aromatic hydroxyl groups is 1. The van der Waals surface area contributed by atoms with E-state index in [1.54, 1.807) is 36.4 Å². The van der Waals surface area contributed by atoms with Crippen LogP contribution in [0, 0.1) is 0 Å². The van der Waals surface area contributed by atoms with E-state index >= 15 is 0 Å². The molecule has 0 saturated heterocycles. The zero-order valence-electron chi connectivity index (χ0n) is 15.3. The van der Waals surface area contributed by atoms with Gasteiger partial charge < -0.3 is 10.4 Å². The van der Waals surface area contributed by atoms with E-state index in [0.717, 1.165) is 4.88 Å². The number of nitrogens with zero attached hydrogens (tertiary/aromatic N) is 1. The molecular formula is C21H15Cl2N3O3S. The molecule has 0 radical (unpaired) electrons. The Morgan fingerprint density at radius 1 is 1.07 bits per heavy atom. The van der Waals surface area contributed by atoms with Gasteiger partial charge in [0, 0.05) is 21.0 Å². The number of benzene rings is 2. The standard InChI is InChI=1S/C21H15Cl2N3O3S/c22-15-9-14(19(27)17(23)10-15)12-24-26-21(29)18(11-16-7-4-8-30-16)25-20(28)13-5-2-1-3-6-13/h1-12,27H,(H,25,28)(H,26,29)/b18-11?,24-12+. The molecule has 0 aliphatic carbocycles. The minimum Gasteiger partial charge on any atom is -0.506 e. The number of rotatable bonds is 6. The maximum absolute atomic E-state index is 12.6. The molecule has 3 rings (SSSR count). The highest BCUT2D eigenvalue weighted by atomic mass is 35.5. The quantitative estimate of drug-likeness (QED) is 0.283. The summed E-state index contributed by atoms with van der Waals surface area (Å²) in [5, 5.41) is 18.6. The lowest BCUT2D eigenvalue weighted by Gasteiger charge is -2.09. The van der Waals surface area contributed by atoms with Crippen molar-refractivity contribution in [2.24, 2.45) is 5.10 Å². The largest absolute Gasteiger partial charge is 0.506 e. The Balaban J connectivity index is 1.78. The van der Waals surface area contributed by atoms with Crippen LogP contribution in [0.5, 0.6) is 5.75 Å². The number of nitrogens with one attached hydrogen (secondary N) is 2. The smallest absolute Gasteiger partial charge is 0.287 e. The minimum absolute atomic E-state index is 0.0109. The summed E-state index contributed by atoms with van der Waals surface area (Å²) in [4.78, 5) is 25.9. The zero-order chi connectivity index (χ0) is 21.5. The van der Waals surface area contributed by atoms with Crippen molar-refractivity contribution in [2.75, 3.05) is 0 Å². The van der Waals surface area contributed by atoms with Gasteiger partial charge in [0.1, 0.15) is 11.4 Å². The highest BCUT2D eigenvalue weighted by Gasteiger charge is 2.14. The molecule has 0 spiro atoms. The number of thiophene rings is 1. The van der Waals surface area contributed by atoms with Crippen LogP contribution in [0.15, 0.2) is 70.8 Å². The van der Waals surface area contributed by atoms with Crippen molar-refractivity contribution >= 4 is 58.6 Å². The van der Waals surface area contributed by atoms with Crippen molar-refractivity contribution in [1.29, 1.82) is 0 Å². The van der Waals surface area contributed by atoms with Crippen LogP contribution in [0.25, 0.3) is 6.08 Å². The molecule has 9 heteroatoms. The molecule has 0 unspecified atom stereocenters. The summed E-state index contributed by atoms with van der Waals surface area (Å²) < 4.78 is 0. The molecule has 30 heavy (non-hydrogen) atoms. The van der Waals surface area contributed by atoms with E-state index < -0.39 is 11.8 Å². The van der Waals surface area contributed by atoms with Crippen molar-refractivity contribution in [2.45, 2.75) is 0 Å². The summed E-state index contributed by atoms with van der Waals surface area (Å²) in [5.74, 6) is -1.29. The maximum Gasteiger partial charge on any atom is 0.287 e. The van der Waals surface area contributed by atoms with Gasteiger partial charge in [0.2, 0.25) is 0 Å². The highest BCUT2D eigenvalue weighted by Crippen LogP contribution is 2.29. The Labute approximate surface area is 186 Å². The Morgan fingerprint density at radius 3 is 2.53 bits per heavy atom. The molecule has 2 aromatic carbocycles. The fourth-order valence-corrected chi connectivity index (χ4v) is 3.53. The van der Waals surface area contributed by atoms with Gasteiger partial charge in [-0.1, -0.05) is 47.5 Å². The number of amides is 2. The Bertz CT molecular complexity index is 1110. The fourth-order valence-electron chi connectivity index (χ4n) is 2.36. The number of phenolic OH excluding ortho intramolecular Hbond substituents is 1. The number of hydrogen-bond acceptors (Lipinski definition) is 5. The number of hydrazone groups is 1. The summed E-state index contributed by atoms with van der Waals surface area (Å²) in [6, 6.07) is 15.0. The average molecular weight is 460 g/mol. The maximum atomic E-state index is 12.6. The summed E-state index contributed by atoms with van der Waals surface area (Å²) in [6.45, 7) is 0. The normalized spacial score (nSPS) is 11.5. The second-order valence-electron chi connectivity index (χ2n) is 5.92. The lowest BCUT2D eigenvalue weighted by molar-refractivity contribution is -0.117. The number of halogens is 2. The third kappa shape index (κ3) is 5.70. The van der Waals surface area contributed by atoms with Crippen molar-refractivity contribution < 1.29 is 14.7 Å². The van der Waals surface area contributed by atoms with E-state index in [1.165, 1.54) is 29.7 Å². The van der Waals surface area contributed by atoms with Crippen LogP contribution in [0.4, 0.5) is 0 Å². The molecule has 0 aliphatic rings. The minimum atomic E-state index is -0.642. The first-order valence-corrected chi connectivity index (χ1v) is 10.2. The van der Waals surface area contributed by atoms with Gasteiger partial charge in [-0.25, -0.2) is 5.43 Å². The number of hydrogen-bond donors (Lipinski definition) is 3. The van der Waals surface area contributed by atoms with Crippen LogP contribution in [-0.4, -0.2) is 23.1 Å². The van der Waals surface area contributed by atoms with E-state index in [4.69, 9.17) is 23.2 Å². The third-order valence-corrected chi connectivity index (χ3v) is 5.11. The van der Waals surface area contributed by atoms with Crippen molar-refractivity contribution in [1.82, 2.24) is 10.7 Å². The SMILES string of the molecule is O=C(N/N=C/c1cc(Cl)cc(Cl)c1O)C(=Cc1cccs1)NC(=O)c1ccccc1. The lowest BCUT2D eigenvalue weighted by atomic mass is 10.2. The van der Waals surface area contributed by atoms with Gasteiger partial charge in [-0.3, -0.25) is 9.59 Å². The van der Waals surface area contributed by atoms with Crippen LogP contribution in [0.2, 0.25) is 10.0 Å². The van der Waals surface area contributed by atoms with E-state index in [1.807, 2.05) is 17.5 Å². The van der Waals surface area contributed by atoms with Crippen LogP contribution >= 0.6 is 34.5 Å². The predicted molar refractivity (Wildman–Crippen MR) is 120 cm³/mol.